The van der Waals surface area contributed by atoms with E-state index in [0.717, 1.165) is 17.8 Å². The molecule has 5 nitrogen and oxygen atoms in total. The van der Waals surface area contributed by atoms with Crippen LogP contribution in [0.4, 0.5) is 11.7 Å². The lowest BCUT2D eigenvalue weighted by Gasteiger charge is -2.06. The average molecular weight is 246 g/mol. The Balaban J connectivity index is 2.06. The van der Waals surface area contributed by atoms with Gasteiger partial charge < -0.3 is 15.1 Å². The van der Waals surface area contributed by atoms with Crippen LogP contribution in [0.1, 0.15) is 23.9 Å². The average Bonchev–Trinajstić information content (AvgIpc) is 2.78. The third kappa shape index (κ3) is 3.07. The van der Waals surface area contributed by atoms with E-state index in [4.69, 9.17) is 4.42 Å². The molecule has 0 saturated heterocycles. The minimum absolute atomic E-state index is 0.426. The van der Waals surface area contributed by atoms with Gasteiger partial charge in [-0.1, -0.05) is 29.7 Å². The zero-order valence-electron chi connectivity index (χ0n) is 10.9. The molecule has 2 N–H and O–H groups in total. The Labute approximate surface area is 107 Å². The van der Waals surface area contributed by atoms with E-state index in [-0.39, 0.29) is 0 Å². The Morgan fingerprint density at radius 3 is 2.78 bits per heavy atom. The van der Waals surface area contributed by atoms with Crippen molar-refractivity contribution in [2.75, 3.05) is 11.9 Å². The molecular weight excluding hydrogens is 228 g/mol. The third-order valence-electron chi connectivity index (χ3n) is 2.62. The first kappa shape index (κ1) is 12.6. The van der Waals surface area contributed by atoms with Crippen molar-refractivity contribution in [3.05, 3.63) is 35.2 Å². The molecule has 0 aliphatic carbocycles. The standard InChI is InChI=1S/C13H18N4O/c1-4-14-8-12-16-17-13(18-12)15-11-6-5-9(2)7-10(11)3/h5-7,14H,4,8H2,1-3H3,(H,15,17). The maximum atomic E-state index is 5.48. The summed E-state index contributed by atoms with van der Waals surface area (Å²) >= 11 is 0. The second kappa shape index (κ2) is 5.64. The second-order valence-electron chi connectivity index (χ2n) is 4.22. The van der Waals surface area contributed by atoms with Gasteiger partial charge in [0.05, 0.1) is 6.54 Å². The number of aryl methyl sites for hydroxylation is 2. The summed E-state index contributed by atoms with van der Waals surface area (Å²) in [6, 6.07) is 6.59. The Morgan fingerprint density at radius 1 is 1.22 bits per heavy atom. The first-order valence-electron chi connectivity index (χ1n) is 6.06. The summed E-state index contributed by atoms with van der Waals surface area (Å²) in [4.78, 5) is 0. The van der Waals surface area contributed by atoms with Crippen molar-refractivity contribution in [2.24, 2.45) is 0 Å². The molecule has 0 radical (unpaired) electrons. The van der Waals surface area contributed by atoms with Gasteiger partial charge in [-0.05, 0) is 32.0 Å². The molecule has 0 unspecified atom stereocenters. The van der Waals surface area contributed by atoms with E-state index in [9.17, 15) is 0 Å². The van der Waals surface area contributed by atoms with Crippen LogP contribution >= 0.6 is 0 Å². The maximum Gasteiger partial charge on any atom is 0.320 e. The third-order valence-corrected chi connectivity index (χ3v) is 2.62. The van der Waals surface area contributed by atoms with Gasteiger partial charge in [-0.2, -0.15) is 0 Å². The topological polar surface area (TPSA) is 63.0 Å². The first-order valence-corrected chi connectivity index (χ1v) is 6.06. The number of rotatable bonds is 5. The van der Waals surface area contributed by atoms with Crippen LogP contribution < -0.4 is 10.6 Å². The van der Waals surface area contributed by atoms with E-state index in [1.54, 1.807) is 0 Å². The smallest absolute Gasteiger partial charge is 0.320 e. The van der Waals surface area contributed by atoms with Gasteiger partial charge in [0.1, 0.15) is 0 Å². The molecule has 1 heterocycles. The molecule has 0 fully saturated rings. The fourth-order valence-corrected chi connectivity index (χ4v) is 1.68. The van der Waals surface area contributed by atoms with Crippen LogP contribution in [-0.2, 0) is 6.54 Å². The summed E-state index contributed by atoms with van der Waals surface area (Å²) in [5, 5.41) is 14.2. The molecule has 1 aromatic carbocycles. The minimum atomic E-state index is 0.426. The molecular formula is C13H18N4O. The molecule has 5 heteroatoms. The molecule has 0 atom stereocenters. The van der Waals surface area contributed by atoms with Gasteiger partial charge in [0.25, 0.3) is 0 Å². The van der Waals surface area contributed by atoms with Crippen molar-refractivity contribution in [1.29, 1.82) is 0 Å². The normalized spacial score (nSPS) is 10.6. The van der Waals surface area contributed by atoms with E-state index in [0.29, 0.717) is 18.5 Å². The van der Waals surface area contributed by atoms with Crippen molar-refractivity contribution in [2.45, 2.75) is 27.3 Å². The lowest BCUT2D eigenvalue weighted by Crippen LogP contribution is -2.11. The van der Waals surface area contributed by atoms with E-state index in [1.807, 2.05) is 26.0 Å². The highest BCUT2D eigenvalue weighted by Crippen LogP contribution is 2.20. The number of hydrogen-bond acceptors (Lipinski definition) is 5. The molecule has 0 bridgehead atoms. The van der Waals surface area contributed by atoms with Crippen molar-refractivity contribution in [1.82, 2.24) is 15.5 Å². The van der Waals surface area contributed by atoms with Gasteiger partial charge in [-0.15, -0.1) is 5.10 Å². The quantitative estimate of drug-likeness (QED) is 0.848. The molecule has 18 heavy (non-hydrogen) atoms. The molecule has 0 amide bonds. The van der Waals surface area contributed by atoms with E-state index >= 15 is 0 Å². The number of nitrogens with zero attached hydrogens (tertiary/aromatic N) is 2. The summed E-state index contributed by atoms with van der Waals surface area (Å²) in [7, 11) is 0. The Kier molecular flexibility index (Phi) is 3.94. The second-order valence-corrected chi connectivity index (χ2v) is 4.22. The van der Waals surface area contributed by atoms with Crippen LogP contribution in [0.25, 0.3) is 0 Å². The van der Waals surface area contributed by atoms with Gasteiger partial charge in [0.15, 0.2) is 0 Å². The van der Waals surface area contributed by atoms with E-state index < -0.39 is 0 Å². The van der Waals surface area contributed by atoms with E-state index in [1.165, 1.54) is 5.56 Å². The van der Waals surface area contributed by atoms with Crippen molar-refractivity contribution >= 4 is 11.7 Å². The summed E-state index contributed by atoms with van der Waals surface area (Å²) in [5.41, 5.74) is 3.37. The highest BCUT2D eigenvalue weighted by atomic mass is 16.4. The van der Waals surface area contributed by atoms with Crippen molar-refractivity contribution < 1.29 is 4.42 Å². The zero-order valence-corrected chi connectivity index (χ0v) is 10.9. The highest BCUT2D eigenvalue weighted by molar-refractivity contribution is 5.57. The van der Waals surface area contributed by atoms with E-state index in [2.05, 4.69) is 33.8 Å². The van der Waals surface area contributed by atoms with Crippen molar-refractivity contribution in [3.63, 3.8) is 0 Å². The van der Waals surface area contributed by atoms with Gasteiger partial charge in [0, 0.05) is 5.69 Å². The monoisotopic (exact) mass is 246 g/mol. The van der Waals surface area contributed by atoms with Crippen LogP contribution in [0.2, 0.25) is 0 Å². The van der Waals surface area contributed by atoms with Gasteiger partial charge >= 0.3 is 6.01 Å². The van der Waals surface area contributed by atoms with Crippen LogP contribution in [0, 0.1) is 13.8 Å². The van der Waals surface area contributed by atoms with Gasteiger partial charge in [0.2, 0.25) is 5.89 Å². The number of aromatic nitrogens is 2. The first-order chi connectivity index (χ1) is 8.69. The Morgan fingerprint density at radius 2 is 2.06 bits per heavy atom. The van der Waals surface area contributed by atoms with Crippen LogP contribution in [0.15, 0.2) is 22.6 Å². The molecule has 96 valence electrons. The maximum absolute atomic E-state index is 5.48. The highest BCUT2D eigenvalue weighted by Gasteiger charge is 2.06. The number of anilines is 2. The fourth-order valence-electron chi connectivity index (χ4n) is 1.68. The summed E-state index contributed by atoms with van der Waals surface area (Å²) in [6.07, 6.45) is 0. The molecule has 0 saturated carbocycles. The molecule has 2 aromatic rings. The van der Waals surface area contributed by atoms with Gasteiger partial charge in [-0.25, -0.2) is 0 Å². The predicted octanol–water partition coefficient (Wildman–Crippen LogP) is 2.54. The molecule has 0 spiro atoms. The molecule has 1 aromatic heterocycles. The predicted molar refractivity (Wildman–Crippen MR) is 70.9 cm³/mol. The molecule has 0 aliphatic heterocycles. The van der Waals surface area contributed by atoms with Crippen LogP contribution in [0.5, 0.6) is 0 Å². The summed E-state index contributed by atoms with van der Waals surface area (Å²) < 4.78 is 5.48. The SMILES string of the molecule is CCNCc1nnc(Nc2ccc(C)cc2C)o1. The Hall–Kier alpha value is -1.88. The number of hydrogen-bond donors (Lipinski definition) is 2. The largest absolute Gasteiger partial charge is 0.406 e. The fraction of sp³-hybridized carbons (Fsp3) is 0.385. The van der Waals surface area contributed by atoms with Crippen LogP contribution in [-0.4, -0.2) is 16.7 Å². The lowest BCUT2D eigenvalue weighted by molar-refractivity contribution is 0.484. The number of nitrogens with one attached hydrogen (secondary N) is 2. The summed E-state index contributed by atoms with van der Waals surface area (Å²) in [5.74, 6) is 0.587. The lowest BCUT2D eigenvalue weighted by atomic mass is 10.1. The molecule has 0 aliphatic rings. The van der Waals surface area contributed by atoms with Crippen LogP contribution in [0.3, 0.4) is 0 Å². The zero-order chi connectivity index (χ0) is 13.0. The minimum Gasteiger partial charge on any atom is -0.406 e. The summed E-state index contributed by atoms with van der Waals surface area (Å²) in [6.45, 7) is 7.62. The van der Waals surface area contributed by atoms with Crippen molar-refractivity contribution in [3.8, 4) is 0 Å². The molecule has 2 rings (SSSR count). The Bertz CT molecular complexity index is 521. The number of benzene rings is 1. The van der Waals surface area contributed by atoms with Gasteiger partial charge in [-0.3, -0.25) is 0 Å².